The Labute approximate surface area is 113 Å². The second-order valence-corrected chi connectivity index (χ2v) is 7.88. The van der Waals surface area contributed by atoms with Gasteiger partial charge in [-0.1, -0.05) is 40.5 Å². The van der Waals surface area contributed by atoms with E-state index in [9.17, 15) is 0 Å². The van der Waals surface area contributed by atoms with Crippen molar-refractivity contribution in [2.75, 3.05) is 13.1 Å². The first kappa shape index (κ1) is 14.3. The van der Waals surface area contributed by atoms with E-state index in [0.717, 1.165) is 24.4 Å². The van der Waals surface area contributed by atoms with Crippen molar-refractivity contribution in [3.05, 3.63) is 0 Å². The quantitative estimate of drug-likeness (QED) is 0.776. The molecule has 18 heavy (non-hydrogen) atoms. The van der Waals surface area contributed by atoms with Crippen molar-refractivity contribution in [2.45, 2.75) is 71.9 Å². The van der Waals surface area contributed by atoms with E-state index in [1.165, 1.54) is 38.6 Å². The van der Waals surface area contributed by atoms with Crippen LogP contribution in [0.1, 0.15) is 59.8 Å². The van der Waals surface area contributed by atoms with E-state index in [4.69, 9.17) is 5.73 Å². The summed E-state index contributed by atoms with van der Waals surface area (Å²) in [5, 5.41) is 0. The lowest BCUT2D eigenvalue weighted by Gasteiger charge is -2.49. The smallest absolute Gasteiger partial charge is 0.0170 e. The van der Waals surface area contributed by atoms with Crippen molar-refractivity contribution in [1.29, 1.82) is 0 Å². The summed E-state index contributed by atoms with van der Waals surface area (Å²) in [5.41, 5.74) is 6.68. The predicted molar refractivity (Wildman–Crippen MR) is 78.5 cm³/mol. The van der Waals surface area contributed by atoms with Crippen LogP contribution < -0.4 is 5.73 Å². The molecular weight excluding hydrogens is 220 g/mol. The highest BCUT2D eigenvalue weighted by Gasteiger charge is 2.39. The first-order valence-corrected chi connectivity index (χ1v) is 7.87. The van der Waals surface area contributed by atoms with E-state index in [2.05, 4.69) is 32.6 Å². The highest BCUT2D eigenvalue weighted by Crippen LogP contribution is 2.41. The third-order valence-corrected chi connectivity index (χ3v) is 5.03. The van der Waals surface area contributed by atoms with Crippen LogP contribution in [0, 0.1) is 17.3 Å². The fourth-order valence-corrected chi connectivity index (χ4v) is 4.27. The van der Waals surface area contributed by atoms with Crippen LogP contribution in [0.3, 0.4) is 0 Å². The Morgan fingerprint density at radius 3 is 2.33 bits per heavy atom. The molecule has 1 aliphatic heterocycles. The number of hydrogen-bond acceptors (Lipinski definition) is 2. The van der Waals surface area contributed by atoms with Crippen LogP contribution in [0.25, 0.3) is 0 Å². The number of piperidine rings is 1. The number of likely N-dealkylation sites (tertiary alicyclic amines) is 1. The Bertz CT molecular complexity index is 259. The zero-order valence-corrected chi connectivity index (χ0v) is 12.8. The van der Waals surface area contributed by atoms with Gasteiger partial charge in [0.2, 0.25) is 0 Å². The molecular formula is C16H32N2. The van der Waals surface area contributed by atoms with Gasteiger partial charge in [-0.05, 0) is 36.5 Å². The third-order valence-electron chi connectivity index (χ3n) is 5.03. The number of rotatable bonds is 1. The van der Waals surface area contributed by atoms with E-state index in [1.807, 2.05) is 0 Å². The molecule has 2 rings (SSSR count). The summed E-state index contributed by atoms with van der Waals surface area (Å²) >= 11 is 0. The number of hydrogen-bond donors (Lipinski definition) is 1. The molecule has 2 heteroatoms. The van der Waals surface area contributed by atoms with Crippen LogP contribution in [0.2, 0.25) is 0 Å². The van der Waals surface area contributed by atoms with Crippen LogP contribution in [0.5, 0.6) is 0 Å². The Morgan fingerprint density at radius 2 is 1.72 bits per heavy atom. The maximum atomic E-state index is 6.24. The van der Waals surface area contributed by atoms with Gasteiger partial charge >= 0.3 is 0 Å². The van der Waals surface area contributed by atoms with Gasteiger partial charge in [0.05, 0.1) is 0 Å². The second kappa shape index (κ2) is 5.50. The Kier molecular flexibility index (Phi) is 4.38. The van der Waals surface area contributed by atoms with Gasteiger partial charge in [0.15, 0.2) is 0 Å². The molecule has 0 amide bonds. The van der Waals surface area contributed by atoms with E-state index in [-0.39, 0.29) is 0 Å². The van der Waals surface area contributed by atoms with Gasteiger partial charge < -0.3 is 5.73 Å². The summed E-state index contributed by atoms with van der Waals surface area (Å²) in [6.07, 6.45) is 6.85. The maximum Gasteiger partial charge on any atom is 0.0170 e. The zero-order chi connectivity index (χ0) is 13.3. The minimum absolute atomic E-state index is 0.399. The van der Waals surface area contributed by atoms with Crippen molar-refractivity contribution in [3.8, 4) is 0 Å². The molecule has 1 saturated carbocycles. The molecule has 0 bridgehead atoms. The first-order valence-electron chi connectivity index (χ1n) is 7.87. The van der Waals surface area contributed by atoms with E-state index in [0.29, 0.717) is 11.5 Å². The minimum Gasteiger partial charge on any atom is -0.327 e. The molecule has 2 N–H and O–H groups in total. The highest BCUT2D eigenvalue weighted by atomic mass is 15.2. The van der Waals surface area contributed by atoms with Crippen molar-refractivity contribution in [3.63, 3.8) is 0 Å². The largest absolute Gasteiger partial charge is 0.327 e. The monoisotopic (exact) mass is 252 g/mol. The second-order valence-electron chi connectivity index (χ2n) is 7.88. The van der Waals surface area contributed by atoms with Gasteiger partial charge in [-0.25, -0.2) is 0 Å². The van der Waals surface area contributed by atoms with Crippen molar-refractivity contribution < 1.29 is 0 Å². The molecule has 0 aromatic heterocycles. The molecule has 2 aliphatic rings. The van der Waals surface area contributed by atoms with Crippen LogP contribution in [-0.2, 0) is 0 Å². The van der Waals surface area contributed by atoms with Crippen molar-refractivity contribution in [2.24, 2.45) is 23.0 Å². The van der Waals surface area contributed by atoms with Crippen molar-refractivity contribution >= 4 is 0 Å². The van der Waals surface area contributed by atoms with E-state index < -0.39 is 0 Å². The lowest BCUT2D eigenvalue weighted by atomic mass is 9.68. The summed E-state index contributed by atoms with van der Waals surface area (Å²) in [6, 6.07) is 1.18. The molecule has 0 spiro atoms. The predicted octanol–water partition coefficient (Wildman–Crippen LogP) is 3.26. The Morgan fingerprint density at radius 1 is 1.06 bits per heavy atom. The van der Waals surface area contributed by atoms with Gasteiger partial charge in [0.25, 0.3) is 0 Å². The normalized spacial score (nSPS) is 39.8. The molecule has 1 aliphatic carbocycles. The van der Waals surface area contributed by atoms with E-state index in [1.54, 1.807) is 0 Å². The summed E-state index contributed by atoms with van der Waals surface area (Å²) in [5.74, 6) is 1.63. The zero-order valence-electron chi connectivity index (χ0n) is 12.8. The van der Waals surface area contributed by atoms with Crippen molar-refractivity contribution in [1.82, 2.24) is 4.90 Å². The van der Waals surface area contributed by atoms with Crippen LogP contribution in [0.15, 0.2) is 0 Å². The average molecular weight is 252 g/mol. The Balaban J connectivity index is 2.08. The van der Waals surface area contributed by atoms with Gasteiger partial charge in [-0.15, -0.1) is 0 Å². The summed E-state index contributed by atoms with van der Waals surface area (Å²) < 4.78 is 0. The fraction of sp³-hybridized carbons (Fsp3) is 1.00. The maximum absolute atomic E-state index is 6.24. The SMILES string of the molecule is CC1CC(N)CN(C2CCCCC2C(C)(C)C)C1. The lowest BCUT2D eigenvalue weighted by Crippen LogP contribution is -2.55. The average Bonchev–Trinajstić information content (AvgIpc) is 2.26. The van der Waals surface area contributed by atoms with Gasteiger partial charge in [-0.3, -0.25) is 4.90 Å². The van der Waals surface area contributed by atoms with Gasteiger partial charge in [0, 0.05) is 25.2 Å². The lowest BCUT2D eigenvalue weighted by molar-refractivity contribution is 0.0137. The molecule has 2 fully saturated rings. The van der Waals surface area contributed by atoms with Crippen LogP contribution in [-0.4, -0.2) is 30.1 Å². The van der Waals surface area contributed by atoms with E-state index >= 15 is 0 Å². The van der Waals surface area contributed by atoms with Gasteiger partial charge in [0.1, 0.15) is 0 Å². The molecule has 106 valence electrons. The Hall–Kier alpha value is -0.0800. The molecule has 4 unspecified atom stereocenters. The molecule has 0 aromatic rings. The minimum atomic E-state index is 0.399. The molecule has 1 saturated heterocycles. The summed E-state index contributed by atoms with van der Waals surface area (Å²) in [7, 11) is 0. The number of nitrogens with zero attached hydrogens (tertiary/aromatic N) is 1. The fourth-order valence-electron chi connectivity index (χ4n) is 4.27. The summed E-state index contributed by atoms with van der Waals surface area (Å²) in [6.45, 7) is 12.0. The molecule has 0 radical (unpaired) electrons. The molecule has 0 aromatic carbocycles. The summed E-state index contributed by atoms with van der Waals surface area (Å²) in [4.78, 5) is 2.73. The van der Waals surface area contributed by atoms with Crippen LogP contribution >= 0.6 is 0 Å². The molecule has 2 nitrogen and oxygen atoms in total. The van der Waals surface area contributed by atoms with Crippen LogP contribution in [0.4, 0.5) is 0 Å². The highest BCUT2D eigenvalue weighted by molar-refractivity contribution is 4.93. The number of nitrogens with two attached hydrogens (primary N) is 1. The standard InChI is InChI=1S/C16H32N2/c1-12-9-13(17)11-18(10-12)15-8-6-5-7-14(15)16(2,3)4/h12-15H,5-11,17H2,1-4H3. The topological polar surface area (TPSA) is 29.3 Å². The molecule has 4 atom stereocenters. The first-order chi connectivity index (χ1) is 8.38. The third kappa shape index (κ3) is 3.27. The molecule has 1 heterocycles. The van der Waals surface area contributed by atoms with Gasteiger partial charge in [-0.2, -0.15) is 0 Å².